The maximum absolute atomic E-state index is 5.01. The summed E-state index contributed by atoms with van der Waals surface area (Å²) in [5, 5.41) is 1.08. The Balaban J connectivity index is 1.12. The summed E-state index contributed by atoms with van der Waals surface area (Å²) in [5.74, 6) is 1.89. The van der Waals surface area contributed by atoms with Gasteiger partial charge in [0, 0.05) is 57.1 Å². The number of para-hydroxylation sites is 2. The van der Waals surface area contributed by atoms with Crippen LogP contribution in [0.5, 0.6) is 0 Å². The molecule has 1 aliphatic heterocycles. The lowest BCUT2D eigenvalue weighted by Gasteiger charge is -2.30. The van der Waals surface area contributed by atoms with Gasteiger partial charge in [-0.25, -0.2) is 19.4 Å². The molecular weight excluding hydrogens is 659 g/mol. The van der Waals surface area contributed by atoms with Gasteiger partial charge < -0.3 is 0 Å². The Morgan fingerprint density at radius 1 is 0.370 bits per heavy atom. The molecule has 0 amide bonds. The Hall–Kier alpha value is -7.08. The lowest BCUT2D eigenvalue weighted by molar-refractivity contribution is 0.643. The SMILES string of the molecule is C[N+]1(c2ccccc2)c2ccccc2-c2ccc(-c3cc(-c4cccc(-c5nc(-c6ccccc6)nc(-c6ccccc6)n5)c4)c4ncccc4c3)cc21. The van der Waals surface area contributed by atoms with Crippen molar-refractivity contribution in [2.45, 2.75) is 0 Å². The first-order valence-electron chi connectivity index (χ1n) is 18.2. The fourth-order valence-corrected chi connectivity index (χ4v) is 7.88. The molecule has 5 nitrogen and oxygen atoms in total. The molecule has 1 atom stereocenters. The second-order valence-corrected chi connectivity index (χ2v) is 13.8. The molecule has 1 aliphatic rings. The van der Waals surface area contributed by atoms with Gasteiger partial charge in [-0.05, 0) is 65.2 Å². The van der Waals surface area contributed by atoms with E-state index in [9.17, 15) is 0 Å². The van der Waals surface area contributed by atoms with Gasteiger partial charge in [-0.3, -0.25) is 4.98 Å². The molecule has 0 radical (unpaired) electrons. The highest BCUT2D eigenvalue weighted by atomic mass is 15.4. The number of pyridine rings is 1. The Morgan fingerprint density at radius 3 is 1.69 bits per heavy atom. The van der Waals surface area contributed by atoms with Crippen molar-refractivity contribution < 1.29 is 0 Å². The monoisotopic (exact) mass is 692 g/mol. The maximum atomic E-state index is 5.01. The Labute approximate surface area is 314 Å². The van der Waals surface area contributed by atoms with E-state index < -0.39 is 0 Å². The van der Waals surface area contributed by atoms with Crippen LogP contribution in [0.3, 0.4) is 0 Å². The molecule has 0 bridgehead atoms. The zero-order valence-corrected chi connectivity index (χ0v) is 29.6. The van der Waals surface area contributed by atoms with E-state index >= 15 is 0 Å². The molecule has 0 N–H and O–H groups in total. The van der Waals surface area contributed by atoms with Crippen molar-refractivity contribution in [3.05, 3.63) is 188 Å². The number of benzene rings is 7. The van der Waals surface area contributed by atoms with Gasteiger partial charge >= 0.3 is 0 Å². The topological polar surface area (TPSA) is 51.6 Å². The van der Waals surface area contributed by atoms with Crippen molar-refractivity contribution in [2.75, 3.05) is 7.05 Å². The molecule has 9 aromatic rings. The summed E-state index contributed by atoms with van der Waals surface area (Å²) in [5.41, 5.74) is 14.4. The van der Waals surface area contributed by atoms with E-state index in [0.717, 1.165) is 49.8 Å². The number of hydrogen-bond acceptors (Lipinski definition) is 4. The summed E-state index contributed by atoms with van der Waals surface area (Å²) in [4.78, 5) is 19.8. The van der Waals surface area contributed by atoms with Gasteiger partial charge in [-0.1, -0.05) is 121 Å². The minimum absolute atomic E-state index is 0.603. The van der Waals surface area contributed by atoms with E-state index in [4.69, 9.17) is 19.9 Å². The predicted molar refractivity (Wildman–Crippen MR) is 221 cm³/mol. The van der Waals surface area contributed by atoms with Crippen LogP contribution >= 0.6 is 0 Å². The van der Waals surface area contributed by atoms with Crippen molar-refractivity contribution in [3.8, 4) is 67.5 Å². The van der Waals surface area contributed by atoms with E-state index in [1.165, 1.54) is 28.2 Å². The standard InChI is InChI=1S/C49H34N5/c1-54(40-22-9-4-10-23-40)44-25-12-11-24-41(44)42-27-26-35(32-45(42)54)39-30-37-21-14-28-50-46(37)43(31-39)36-19-13-20-38(29-36)49-52-47(33-15-5-2-6-16-33)51-48(53-49)34-17-7-3-8-18-34/h2-32H,1H3/q+1. The number of fused-ring (bicyclic) bond motifs is 4. The van der Waals surface area contributed by atoms with Crippen molar-refractivity contribution in [2.24, 2.45) is 0 Å². The minimum atomic E-state index is 0.603. The van der Waals surface area contributed by atoms with Gasteiger partial charge in [0.2, 0.25) is 0 Å². The number of hydrogen-bond donors (Lipinski definition) is 0. The highest BCUT2D eigenvalue weighted by molar-refractivity contribution is 6.01. The molecule has 3 heterocycles. The molecule has 10 rings (SSSR count). The van der Waals surface area contributed by atoms with Crippen LogP contribution in [-0.2, 0) is 0 Å². The maximum Gasteiger partial charge on any atom is 0.164 e. The molecule has 1 unspecified atom stereocenters. The molecule has 7 aromatic carbocycles. The second-order valence-electron chi connectivity index (χ2n) is 13.8. The Kier molecular flexibility index (Phi) is 7.53. The zero-order valence-electron chi connectivity index (χ0n) is 29.6. The molecule has 0 saturated heterocycles. The third-order valence-corrected chi connectivity index (χ3v) is 10.6. The largest absolute Gasteiger partial charge is 0.256 e. The van der Waals surface area contributed by atoms with Crippen LogP contribution in [-0.4, -0.2) is 27.0 Å². The van der Waals surface area contributed by atoms with Crippen LogP contribution < -0.4 is 4.48 Å². The van der Waals surface area contributed by atoms with Crippen LogP contribution in [0.1, 0.15) is 0 Å². The third kappa shape index (κ3) is 5.30. The molecule has 5 heteroatoms. The van der Waals surface area contributed by atoms with Crippen LogP contribution in [0.2, 0.25) is 0 Å². The number of quaternary nitrogens is 1. The van der Waals surface area contributed by atoms with Gasteiger partial charge in [0.15, 0.2) is 28.8 Å². The summed E-state index contributed by atoms with van der Waals surface area (Å²) in [7, 11) is 2.30. The first-order chi connectivity index (χ1) is 26.6. The molecule has 0 saturated carbocycles. The summed E-state index contributed by atoms with van der Waals surface area (Å²) >= 11 is 0. The van der Waals surface area contributed by atoms with E-state index in [1.807, 2.05) is 72.9 Å². The first kappa shape index (κ1) is 31.6. The average molecular weight is 693 g/mol. The van der Waals surface area contributed by atoms with Crippen molar-refractivity contribution >= 4 is 28.0 Å². The van der Waals surface area contributed by atoms with Gasteiger partial charge in [0.1, 0.15) is 5.69 Å². The van der Waals surface area contributed by atoms with E-state index in [0.29, 0.717) is 22.0 Å². The van der Waals surface area contributed by atoms with Gasteiger partial charge in [-0.2, -0.15) is 0 Å². The summed E-state index contributed by atoms with van der Waals surface area (Å²) in [6.07, 6.45) is 1.87. The molecule has 0 spiro atoms. The summed E-state index contributed by atoms with van der Waals surface area (Å²) in [6, 6.07) is 63.8. The lowest BCUT2D eigenvalue weighted by Crippen LogP contribution is -2.31. The Morgan fingerprint density at radius 2 is 0.963 bits per heavy atom. The number of rotatable bonds is 6. The third-order valence-electron chi connectivity index (χ3n) is 10.6. The highest BCUT2D eigenvalue weighted by Gasteiger charge is 2.42. The quantitative estimate of drug-likeness (QED) is 0.163. The highest BCUT2D eigenvalue weighted by Crippen LogP contribution is 2.57. The first-order valence-corrected chi connectivity index (χ1v) is 18.2. The van der Waals surface area contributed by atoms with E-state index in [2.05, 4.69) is 122 Å². The molecular formula is C49H34N5+. The normalized spacial score (nSPS) is 14.5. The predicted octanol–water partition coefficient (Wildman–Crippen LogP) is 12.3. The van der Waals surface area contributed by atoms with E-state index in [1.54, 1.807) is 0 Å². The fourth-order valence-electron chi connectivity index (χ4n) is 7.88. The average Bonchev–Trinajstić information content (AvgIpc) is 3.52. The number of nitrogens with zero attached hydrogens (tertiary/aromatic N) is 5. The zero-order chi connectivity index (χ0) is 36.1. The molecule has 0 fully saturated rings. The van der Waals surface area contributed by atoms with Gasteiger partial charge in [0.05, 0.1) is 12.6 Å². The Bertz CT molecular complexity index is 2780. The van der Waals surface area contributed by atoms with Gasteiger partial charge in [0.25, 0.3) is 0 Å². The van der Waals surface area contributed by atoms with Crippen LogP contribution in [0.15, 0.2) is 188 Å². The fraction of sp³-hybridized carbons (Fsp3) is 0.0204. The molecule has 2 aromatic heterocycles. The molecule has 54 heavy (non-hydrogen) atoms. The van der Waals surface area contributed by atoms with Crippen molar-refractivity contribution in [1.82, 2.24) is 24.4 Å². The number of aromatic nitrogens is 4. The summed E-state index contributed by atoms with van der Waals surface area (Å²) < 4.78 is 0.603. The minimum Gasteiger partial charge on any atom is -0.256 e. The van der Waals surface area contributed by atoms with E-state index in [-0.39, 0.29) is 0 Å². The van der Waals surface area contributed by atoms with Gasteiger partial charge in [-0.15, -0.1) is 0 Å². The second kappa shape index (κ2) is 12.8. The molecule has 254 valence electrons. The summed E-state index contributed by atoms with van der Waals surface area (Å²) in [6.45, 7) is 0. The van der Waals surface area contributed by atoms with Crippen LogP contribution in [0.4, 0.5) is 17.1 Å². The smallest absolute Gasteiger partial charge is 0.164 e. The van der Waals surface area contributed by atoms with Crippen LogP contribution in [0.25, 0.3) is 78.4 Å². The van der Waals surface area contributed by atoms with Crippen LogP contribution in [0, 0.1) is 0 Å². The lowest BCUT2D eigenvalue weighted by atomic mass is 9.93. The van der Waals surface area contributed by atoms with Crippen molar-refractivity contribution in [1.29, 1.82) is 0 Å². The molecule has 0 aliphatic carbocycles. The van der Waals surface area contributed by atoms with Crippen molar-refractivity contribution in [3.63, 3.8) is 0 Å².